The van der Waals surface area contributed by atoms with Crippen LogP contribution in [0, 0.1) is 5.82 Å². The first-order valence-corrected chi connectivity index (χ1v) is 7.38. The minimum absolute atomic E-state index is 0.330. The second-order valence-corrected chi connectivity index (χ2v) is 5.57. The highest BCUT2D eigenvalue weighted by molar-refractivity contribution is 6.30. The summed E-state index contributed by atoms with van der Waals surface area (Å²) in [5.41, 5.74) is 3.95. The lowest BCUT2D eigenvalue weighted by molar-refractivity contribution is 0.463. The average Bonchev–Trinajstić information content (AvgIpc) is 2.95. The van der Waals surface area contributed by atoms with Crippen molar-refractivity contribution in [2.24, 2.45) is 5.84 Å². The number of halogens is 2. The second-order valence-electron chi connectivity index (χ2n) is 5.13. The van der Waals surface area contributed by atoms with E-state index in [0.717, 1.165) is 12.1 Å². The minimum atomic E-state index is -0.371. The second kappa shape index (κ2) is 7.02. The van der Waals surface area contributed by atoms with Gasteiger partial charge in [-0.05, 0) is 37.6 Å². The fourth-order valence-electron chi connectivity index (χ4n) is 2.17. The van der Waals surface area contributed by atoms with Gasteiger partial charge >= 0.3 is 0 Å². The lowest BCUT2D eigenvalue weighted by Crippen LogP contribution is -2.30. The van der Waals surface area contributed by atoms with Crippen molar-refractivity contribution in [3.05, 3.63) is 52.6 Å². The van der Waals surface area contributed by atoms with Crippen LogP contribution in [0.3, 0.4) is 0 Å². The van der Waals surface area contributed by atoms with E-state index in [2.05, 4.69) is 24.4 Å². The molecule has 0 fully saturated rings. The third-order valence-corrected chi connectivity index (χ3v) is 3.89. The van der Waals surface area contributed by atoms with Crippen LogP contribution in [0.4, 0.5) is 4.39 Å². The molecule has 1 aromatic heterocycles. The number of nitrogens with one attached hydrogen (secondary N) is 1. The van der Waals surface area contributed by atoms with E-state index < -0.39 is 0 Å². The van der Waals surface area contributed by atoms with Crippen molar-refractivity contribution in [2.45, 2.75) is 38.8 Å². The zero-order chi connectivity index (χ0) is 15.4. The van der Waals surface area contributed by atoms with Gasteiger partial charge in [0.2, 0.25) is 0 Å². The molecule has 0 spiro atoms. The molecule has 114 valence electrons. The number of nitrogens with zero attached hydrogens (tertiary/aromatic N) is 2. The Bertz CT molecular complexity index is 599. The summed E-state index contributed by atoms with van der Waals surface area (Å²) in [5, 5.41) is 5.00. The van der Waals surface area contributed by atoms with E-state index in [-0.39, 0.29) is 11.9 Å². The van der Waals surface area contributed by atoms with E-state index in [1.54, 1.807) is 6.07 Å². The maximum Gasteiger partial charge on any atom is 0.128 e. The third-order valence-electron chi connectivity index (χ3n) is 3.65. The van der Waals surface area contributed by atoms with Crippen molar-refractivity contribution in [3.8, 4) is 0 Å². The number of nitrogens with two attached hydrogens (primary N) is 1. The highest BCUT2D eigenvalue weighted by Crippen LogP contribution is 2.24. The van der Waals surface area contributed by atoms with Crippen LogP contribution in [0.25, 0.3) is 0 Å². The van der Waals surface area contributed by atoms with Crippen LogP contribution in [0.15, 0.2) is 30.5 Å². The van der Waals surface area contributed by atoms with Crippen LogP contribution in [-0.2, 0) is 6.42 Å². The Morgan fingerprint density at radius 1 is 1.43 bits per heavy atom. The normalized spacial score (nSPS) is 14.1. The van der Waals surface area contributed by atoms with Crippen molar-refractivity contribution >= 4 is 11.6 Å². The molecule has 0 amide bonds. The van der Waals surface area contributed by atoms with Crippen molar-refractivity contribution in [1.29, 1.82) is 0 Å². The van der Waals surface area contributed by atoms with E-state index in [1.807, 2.05) is 16.9 Å². The highest BCUT2D eigenvalue weighted by Gasteiger charge is 2.17. The standard InChI is InChI=1S/C15H20ClFN4/c1-3-10(2)21-7-6-12(20-21)9-15(19-18)13-8-11(16)4-5-14(13)17/h4-8,10,15,19H,3,9,18H2,1-2H3. The third kappa shape index (κ3) is 3.81. The van der Waals surface area contributed by atoms with E-state index in [4.69, 9.17) is 17.4 Å². The Morgan fingerprint density at radius 3 is 2.86 bits per heavy atom. The summed E-state index contributed by atoms with van der Waals surface area (Å²) in [6.07, 6.45) is 3.44. The van der Waals surface area contributed by atoms with Crippen molar-refractivity contribution in [2.75, 3.05) is 0 Å². The van der Waals surface area contributed by atoms with Gasteiger partial charge in [-0.3, -0.25) is 16.0 Å². The molecule has 2 unspecified atom stereocenters. The molecular weight excluding hydrogens is 291 g/mol. The fourth-order valence-corrected chi connectivity index (χ4v) is 2.35. The van der Waals surface area contributed by atoms with E-state index in [9.17, 15) is 4.39 Å². The van der Waals surface area contributed by atoms with Gasteiger partial charge < -0.3 is 0 Å². The molecular formula is C15H20ClFN4. The molecule has 4 nitrogen and oxygen atoms in total. The first-order valence-electron chi connectivity index (χ1n) is 7.00. The number of hydrogen-bond acceptors (Lipinski definition) is 3. The van der Waals surface area contributed by atoms with Crippen LogP contribution < -0.4 is 11.3 Å². The van der Waals surface area contributed by atoms with Gasteiger partial charge in [-0.15, -0.1) is 0 Å². The molecule has 2 aromatic rings. The van der Waals surface area contributed by atoms with E-state index >= 15 is 0 Å². The largest absolute Gasteiger partial charge is 0.271 e. The zero-order valence-corrected chi connectivity index (χ0v) is 12.9. The molecule has 6 heteroatoms. The van der Waals surface area contributed by atoms with Crippen LogP contribution >= 0.6 is 11.6 Å². The first kappa shape index (κ1) is 15.9. The lowest BCUT2D eigenvalue weighted by atomic mass is 10.0. The van der Waals surface area contributed by atoms with Crippen LogP contribution in [0.1, 0.15) is 43.6 Å². The van der Waals surface area contributed by atoms with E-state index in [0.29, 0.717) is 23.0 Å². The summed E-state index contributed by atoms with van der Waals surface area (Å²) < 4.78 is 15.8. The SMILES string of the molecule is CCC(C)n1ccc(CC(NN)c2cc(Cl)ccc2F)n1. The average molecular weight is 311 g/mol. The predicted molar refractivity (Wildman–Crippen MR) is 82.4 cm³/mol. The van der Waals surface area contributed by atoms with Gasteiger partial charge in [0, 0.05) is 29.2 Å². The number of hydrazine groups is 1. The van der Waals surface area contributed by atoms with Gasteiger partial charge in [0.25, 0.3) is 0 Å². The Labute approximate surface area is 129 Å². The van der Waals surface area contributed by atoms with Gasteiger partial charge in [0.1, 0.15) is 5.82 Å². The Morgan fingerprint density at radius 2 is 2.19 bits per heavy atom. The topological polar surface area (TPSA) is 55.9 Å². The molecule has 1 heterocycles. The molecule has 0 saturated heterocycles. The summed E-state index contributed by atoms with van der Waals surface area (Å²) in [6, 6.07) is 6.35. The molecule has 1 aromatic carbocycles. The van der Waals surface area contributed by atoms with Crippen molar-refractivity contribution in [3.63, 3.8) is 0 Å². The Balaban J connectivity index is 2.19. The molecule has 2 rings (SSSR count). The van der Waals surface area contributed by atoms with Gasteiger partial charge in [-0.2, -0.15) is 5.10 Å². The van der Waals surface area contributed by atoms with Gasteiger partial charge in [-0.1, -0.05) is 18.5 Å². The number of benzene rings is 1. The molecule has 0 aliphatic carbocycles. The fraction of sp³-hybridized carbons (Fsp3) is 0.400. The lowest BCUT2D eigenvalue weighted by Gasteiger charge is -2.16. The minimum Gasteiger partial charge on any atom is -0.271 e. The molecule has 0 radical (unpaired) electrons. The van der Waals surface area contributed by atoms with Crippen LogP contribution in [0.2, 0.25) is 5.02 Å². The van der Waals surface area contributed by atoms with Crippen LogP contribution in [0.5, 0.6) is 0 Å². The summed E-state index contributed by atoms with van der Waals surface area (Å²) in [7, 11) is 0. The molecule has 0 aliphatic heterocycles. The Kier molecular flexibility index (Phi) is 5.33. The Hall–Kier alpha value is -1.43. The molecule has 2 atom stereocenters. The number of aromatic nitrogens is 2. The van der Waals surface area contributed by atoms with Crippen LogP contribution in [-0.4, -0.2) is 9.78 Å². The summed E-state index contributed by atoms with van der Waals surface area (Å²) >= 11 is 5.93. The molecule has 0 bridgehead atoms. The molecule has 21 heavy (non-hydrogen) atoms. The van der Waals surface area contributed by atoms with Gasteiger partial charge in [0.15, 0.2) is 0 Å². The quantitative estimate of drug-likeness (QED) is 0.635. The summed E-state index contributed by atoms with van der Waals surface area (Å²) in [5.74, 6) is 5.24. The number of hydrogen-bond donors (Lipinski definition) is 2. The first-order chi connectivity index (χ1) is 10.0. The van der Waals surface area contributed by atoms with Gasteiger partial charge in [0.05, 0.1) is 11.7 Å². The molecule has 3 N–H and O–H groups in total. The maximum absolute atomic E-state index is 13.9. The zero-order valence-electron chi connectivity index (χ0n) is 12.2. The highest BCUT2D eigenvalue weighted by atomic mass is 35.5. The molecule has 0 aliphatic rings. The maximum atomic E-state index is 13.9. The summed E-state index contributed by atoms with van der Waals surface area (Å²) in [4.78, 5) is 0. The smallest absolute Gasteiger partial charge is 0.128 e. The molecule has 0 saturated carbocycles. The predicted octanol–water partition coefficient (Wildman–Crippen LogP) is 3.39. The van der Waals surface area contributed by atoms with Gasteiger partial charge in [-0.25, -0.2) is 4.39 Å². The van der Waals surface area contributed by atoms with E-state index in [1.165, 1.54) is 12.1 Å². The van der Waals surface area contributed by atoms with Crippen molar-refractivity contribution in [1.82, 2.24) is 15.2 Å². The summed E-state index contributed by atoms with van der Waals surface area (Å²) in [6.45, 7) is 4.21. The van der Waals surface area contributed by atoms with Crippen molar-refractivity contribution < 1.29 is 4.39 Å². The monoisotopic (exact) mass is 310 g/mol. The number of rotatable bonds is 6.